The molecular weight excluding hydrogens is 249 g/mol. The predicted molar refractivity (Wildman–Crippen MR) is 69.9 cm³/mol. The number of hydrogen-bond acceptors (Lipinski definition) is 4. The van der Waals surface area contributed by atoms with Crippen molar-refractivity contribution in [2.75, 3.05) is 6.54 Å². The first-order valence-corrected chi connectivity index (χ1v) is 6.55. The van der Waals surface area contributed by atoms with Gasteiger partial charge in [-0.3, -0.25) is 4.98 Å². The fourth-order valence-corrected chi connectivity index (χ4v) is 2.40. The largest absolute Gasteiger partial charge is 0.313 e. The van der Waals surface area contributed by atoms with E-state index in [4.69, 9.17) is 0 Å². The van der Waals surface area contributed by atoms with Crippen LogP contribution < -0.4 is 5.32 Å². The van der Waals surface area contributed by atoms with Crippen molar-refractivity contribution in [3.05, 3.63) is 48.2 Å². The highest BCUT2D eigenvalue weighted by Gasteiger charge is 2.09. The van der Waals surface area contributed by atoms with Gasteiger partial charge in [-0.05, 0) is 18.7 Å². The van der Waals surface area contributed by atoms with Crippen molar-refractivity contribution in [2.24, 2.45) is 0 Å². The molecule has 3 nitrogen and oxygen atoms in total. The zero-order valence-corrected chi connectivity index (χ0v) is 10.9. The van der Waals surface area contributed by atoms with Crippen LogP contribution in [-0.2, 0) is 6.54 Å². The van der Waals surface area contributed by atoms with Crippen LogP contribution in [-0.4, -0.2) is 16.5 Å². The highest BCUT2D eigenvalue weighted by molar-refractivity contribution is 7.99. The summed E-state index contributed by atoms with van der Waals surface area (Å²) in [6.07, 6.45) is 4.92. The Hall–Kier alpha value is -1.46. The number of hydrogen-bond donors (Lipinski definition) is 1. The van der Waals surface area contributed by atoms with Gasteiger partial charge in [0.05, 0.1) is 6.20 Å². The number of nitrogens with one attached hydrogen (secondary N) is 1. The van der Waals surface area contributed by atoms with Crippen LogP contribution in [0.1, 0.15) is 12.5 Å². The van der Waals surface area contributed by atoms with Crippen molar-refractivity contribution >= 4 is 11.8 Å². The standard InChI is InChI=1S/C13H14FN3S/c1-2-15-8-10-11(14)4-3-5-12(10)18-13-9-16-6-7-17-13/h3-7,9,15H,2,8H2,1H3. The third-order valence-corrected chi connectivity index (χ3v) is 3.40. The molecule has 0 saturated heterocycles. The maximum absolute atomic E-state index is 13.8. The normalized spacial score (nSPS) is 10.6. The summed E-state index contributed by atoms with van der Waals surface area (Å²) in [6.45, 7) is 3.33. The maximum atomic E-state index is 13.8. The van der Waals surface area contributed by atoms with Gasteiger partial charge in [0.2, 0.25) is 0 Å². The molecular formula is C13H14FN3S. The Kier molecular flexibility index (Phi) is 4.66. The van der Waals surface area contributed by atoms with Gasteiger partial charge in [-0.1, -0.05) is 24.8 Å². The van der Waals surface area contributed by atoms with Crippen LogP contribution in [0.15, 0.2) is 46.7 Å². The Balaban J connectivity index is 2.24. The van der Waals surface area contributed by atoms with Crippen molar-refractivity contribution in [1.29, 1.82) is 0 Å². The number of aromatic nitrogens is 2. The molecule has 2 aromatic rings. The summed E-state index contributed by atoms with van der Waals surface area (Å²) < 4.78 is 13.8. The molecule has 5 heteroatoms. The van der Waals surface area contributed by atoms with E-state index in [0.29, 0.717) is 12.1 Å². The van der Waals surface area contributed by atoms with Gasteiger partial charge in [-0.2, -0.15) is 0 Å². The Labute approximate surface area is 110 Å². The van der Waals surface area contributed by atoms with Crippen molar-refractivity contribution in [3.8, 4) is 0 Å². The van der Waals surface area contributed by atoms with Crippen molar-refractivity contribution in [3.63, 3.8) is 0 Å². The average Bonchev–Trinajstić information content (AvgIpc) is 2.39. The van der Waals surface area contributed by atoms with E-state index >= 15 is 0 Å². The summed E-state index contributed by atoms with van der Waals surface area (Å²) in [5.74, 6) is -0.190. The lowest BCUT2D eigenvalue weighted by atomic mass is 10.2. The average molecular weight is 263 g/mol. The molecule has 0 aliphatic heterocycles. The molecule has 0 amide bonds. The first kappa shape index (κ1) is 13.0. The molecule has 0 aliphatic rings. The summed E-state index contributed by atoms with van der Waals surface area (Å²) in [5, 5.41) is 3.91. The molecule has 94 valence electrons. The van der Waals surface area contributed by atoms with Crippen molar-refractivity contribution in [2.45, 2.75) is 23.4 Å². The van der Waals surface area contributed by atoms with E-state index in [0.717, 1.165) is 16.5 Å². The summed E-state index contributed by atoms with van der Waals surface area (Å²) in [4.78, 5) is 9.06. The Morgan fingerprint density at radius 1 is 1.33 bits per heavy atom. The van der Waals surface area contributed by atoms with Crippen LogP contribution >= 0.6 is 11.8 Å². The highest BCUT2D eigenvalue weighted by atomic mass is 32.2. The third-order valence-electron chi connectivity index (χ3n) is 2.38. The lowest BCUT2D eigenvalue weighted by molar-refractivity contribution is 0.585. The fraction of sp³-hybridized carbons (Fsp3) is 0.231. The number of nitrogens with zero attached hydrogens (tertiary/aromatic N) is 2. The molecule has 0 atom stereocenters. The molecule has 0 aliphatic carbocycles. The molecule has 0 spiro atoms. The minimum absolute atomic E-state index is 0.190. The van der Waals surface area contributed by atoms with Crippen molar-refractivity contribution in [1.82, 2.24) is 15.3 Å². The van der Waals surface area contributed by atoms with Gasteiger partial charge < -0.3 is 5.32 Å². The summed E-state index contributed by atoms with van der Waals surface area (Å²) >= 11 is 1.43. The lowest BCUT2D eigenvalue weighted by Gasteiger charge is -2.10. The molecule has 1 heterocycles. The zero-order valence-electron chi connectivity index (χ0n) is 10.1. The zero-order chi connectivity index (χ0) is 12.8. The second-order valence-electron chi connectivity index (χ2n) is 3.64. The second-order valence-corrected chi connectivity index (χ2v) is 4.70. The van der Waals surface area contributed by atoms with E-state index in [1.54, 1.807) is 24.7 Å². The van der Waals surface area contributed by atoms with Crippen LogP contribution in [0.2, 0.25) is 0 Å². The van der Waals surface area contributed by atoms with Crippen LogP contribution in [0.4, 0.5) is 4.39 Å². The van der Waals surface area contributed by atoms with Gasteiger partial charge in [-0.15, -0.1) is 0 Å². The lowest BCUT2D eigenvalue weighted by Crippen LogP contribution is -2.13. The quantitative estimate of drug-likeness (QED) is 0.900. The van der Waals surface area contributed by atoms with Crippen LogP contribution in [0, 0.1) is 5.82 Å². The Morgan fingerprint density at radius 2 is 2.22 bits per heavy atom. The number of benzene rings is 1. The van der Waals surface area contributed by atoms with Gasteiger partial charge >= 0.3 is 0 Å². The summed E-state index contributed by atoms with van der Waals surface area (Å²) in [5.41, 5.74) is 0.676. The minimum Gasteiger partial charge on any atom is -0.313 e. The molecule has 1 aromatic carbocycles. The SMILES string of the molecule is CCNCc1c(F)cccc1Sc1cnccn1. The van der Waals surface area contributed by atoms with E-state index in [-0.39, 0.29) is 5.82 Å². The van der Waals surface area contributed by atoms with Gasteiger partial charge in [0.1, 0.15) is 10.8 Å². The molecule has 0 unspecified atom stereocenters. The van der Waals surface area contributed by atoms with E-state index in [2.05, 4.69) is 15.3 Å². The predicted octanol–water partition coefficient (Wildman–Crippen LogP) is 2.88. The number of halogens is 1. The van der Waals surface area contributed by atoms with Gasteiger partial charge in [0, 0.05) is 29.4 Å². The van der Waals surface area contributed by atoms with Gasteiger partial charge in [0.25, 0.3) is 0 Å². The van der Waals surface area contributed by atoms with Crippen LogP contribution in [0.3, 0.4) is 0 Å². The van der Waals surface area contributed by atoms with Crippen LogP contribution in [0.5, 0.6) is 0 Å². The van der Waals surface area contributed by atoms with E-state index in [1.165, 1.54) is 17.8 Å². The monoisotopic (exact) mass is 263 g/mol. The number of rotatable bonds is 5. The molecule has 18 heavy (non-hydrogen) atoms. The third kappa shape index (κ3) is 3.27. The molecule has 0 radical (unpaired) electrons. The summed E-state index contributed by atoms with van der Waals surface area (Å²) in [6, 6.07) is 5.09. The second kappa shape index (κ2) is 6.47. The molecule has 0 bridgehead atoms. The van der Waals surface area contributed by atoms with Crippen LogP contribution in [0.25, 0.3) is 0 Å². The molecule has 0 saturated carbocycles. The molecule has 2 rings (SSSR count). The van der Waals surface area contributed by atoms with E-state index in [9.17, 15) is 4.39 Å². The van der Waals surface area contributed by atoms with E-state index in [1.807, 2.05) is 13.0 Å². The highest BCUT2D eigenvalue weighted by Crippen LogP contribution is 2.29. The Morgan fingerprint density at radius 3 is 2.94 bits per heavy atom. The van der Waals surface area contributed by atoms with Gasteiger partial charge in [0.15, 0.2) is 0 Å². The maximum Gasteiger partial charge on any atom is 0.128 e. The van der Waals surface area contributed by atoms with E-state index < -0.39 is 0 Å². The first-order chi connectivity index (χ1) is 8.81. The summed E-state index contributed by atoms with van der Waals surface area (Å²) in [7, 11) is 0. The molecule has 1 N–H and O–H groups in total. The smallest absolute Gasteiger partial charge is 0.128 e. The van der Waals surface area contributed by atoms with Gasteiger partial charge in [-0.25, -0.2) is 9.37 Å². The Bertz CT molecular complexity index is 505. The molecule has 0 fully saturated rings. The minimum atomic E-state index is -0.190. The first-order valence-electron chi connectivity index (χ1n) is 5.73. The van der Waals surface area contributed by atoms with Crippen molar-refractivity contribution < 1.29 is 4.39 Å². The topological polar surface area (TPSA) is 37.8 Å². The molecule has 1 aromatic heterocycles. The fourth-order valence-electron chi connectivity index (χ4n) is 1.51.